The molecule has 0 aliphatic rings. The molecule has 0 aliphatic carbocycles. The number of rotatable bonds is 2. The summed E-state index contributed by atoms with van der Waals surface area (Å²) in [4.78, 5) is 8.21. The van der Waals surface area contributed by atoms with Crippen LogP contribution in [0.4, 0.5) is 11.4 Å². The van der Waals surface area contributed by atoms with Crippen molar-refractivity contribution in [3.8, 4) is 0 Å². The van der Waals surface area contributed by atoms with Crippen molar-refractivity contribution in [2.24, 2.45) is 0 Å². The van der Waals surface area contributed by atoms with Crippen LogP contribution in [0.2, 0.25) is 0 Å². The first kappa shape index (κ1) is 10.1. The zero-order chi connectivity index (χ0) is 12.7. The Kier molecular flexibility index (Phi) is 2.05. The molecule has 5 heteroatoms. The number of hydrogen-bond donors (Lipinski definition) is 1. The Labute approximate surface area is 107 Å². The SMILES string of the molecule is c1cc(Nc2ccc3ncoc3c2)c2ocnc2c1. The lowest BCUT2D eigenvalue weighted by atomic mass is 10.2. The van der Waals surface area contributed by atoms with Gasteiger partial charge in [-0.25, -0.2) is 9.97 Å². The average molecular weight is 251 g/mol. The molecule has 92 valence electrons. The molecule has 19 heavy (non-hydrogen) atoms. The van der Waals surface area contributed by atoms with Crippen LogP contribution in [0.25, 0.3) is 22.2 Å². The Balaban J connectivity index is 1.79. The molecule has 0 bridgehead atoms. The predicted octanol–water partition coefficient (Wildman–Crippen LogP) is 3.71. The largest absolute Gasteiger partial charge is 0.443 e. The van der Waals surface area contributed by atoms with Gasteiger partial charge in [0.15, 0.2) is 24.0 Å². The minimum atomic E-state index is 0.736. The molecular weight excluding hydrogens is 242 g/mol. The smallest absolute Gasteiger partial charge is 0.182 e. The summed E-state index contributed by atoms with van der Waals surface area (Å²) in [6, 6.07) is 11.5. The van der Waals surface area contributed by atoms with Gasteiger partial charge in [0.1, 0.15) is 11.0 Å². The molecule has 4 rings (SSSR count). The summed E-state index contributed by atoms with van der Waals surface area (Å²) in [5.74, 6) is 0. The van der Waals surface area contributed by atoms with E-state index >= 15 is 0 Å². The molecule has 0 amide bonds. The molecule has 0 saturated heterocycles. The predicted molar refractivity (Wildman–Crippen MR) is 71.3 cm³/mol. The number of oxazole rings is 2. The number of nitrogens with zero attached hydrogens (tertiary/aromatic N) is 2. The highest BCUT2D eigenvalue weighted by molar-refractivity contribution is 5.89. The molecule has 2 aromatic heterocycles. The maximum Gasteiger partial charge on any atom is 0.182 e. The van der Waals surface area contributed by atoms with Crippen LogP contribution < -0.4 is 5.32 Å². The third kappa shape index (κ3) is 1.63. The minimum Gasteiger partial charge on any atom is -0.443 e. The van der Waals surface area contributed by atoms with Crippen LogP contribution >= 0.6 is 0 Å². The van der Waals surface area contributed by atoms with E-state index in [1.807, 2.05) is 36.4 Å². The van der Waals surface area contributed by atoms with Gasteiger partial charge in [0, 0.05) is 11.8 Å². The minimum absolute atomic E-state index is 0.736. The Hall–Kier alpha value is -2.82. The van der Waals surface area contributed by atoms with Gasteiger partial charge in [-0.2, -0.15) is 0 Å². The topological polar surface area (TPSA) is 64.1 Å². The number of aromatic nitrogens is 2. The highest BCUT2D eigenvalue weighted by Gasteiger charge is 2.06. The van der Waals surface area contributed by atoms with Gasteiger partial charge in [0.2, 0.25) is 0 Å². The van der Waals surface area contributed by atoms with Gasteiger partial charge in [0.05, 0.1) is 5.69 Å². The lowest BCUT2D eigenvalue weighted by Crippen LogP contribution is -1.90. The van der Waals surface area contributed by atoms with E-state index in [0.717, 1.165) is 33.6 Å². The van der Waals surface area contributed by atoms with Crippen molar-refractivity contribution in [3.05, 3.63) is 49.2 Å². The van der Waals surface area contributed by atoms with E-state index in [1.165, 1.54) is 12.8 Å². The van der Waals surface area contributed by atoms with E-state index in [-0.39, 0.29) is 0 Å². The van der Waals surface area contributed by atoms with Crippen molar-refractivity contribution in [3.63, 3.8) is 0 Å². The lowest BCUT2D eigenvalue weighted by Gasteiger charge is -2.05. The number of para-hydroxylation sites is 1. The van der Waals surface area contributed by atoms with Crippen LogP contribution in [0.15, 0.2) is 58.0 Å². The Bertz CT molecular complexity index is 863. The molecule has 0 radical (unpaired) electrons. The van der Waals surface area contributed by atoms with Crippen molar-refractivity contribution in [1.29, 1.82) is 0 Å². The van der Waals surface area contributed by atoms with E-state index in [0.29, 0.717) is 0 Å². The van der Waals surface area contributed by atoms with Crippen molar-refractivity contribution in [1.82, 2.24) is 9.97 Å². The monoisotopic (exact) mass is 251 g/mol. The fourth-order valence-electron chi connectivity index (χ4n) is 2.07. The first-order chi connectivity index (χ1) is 9.40. The van der Waals surface area contributed by atoms with E-state index < -0.39 is 0 Å². The highest BCUT2D eigenvalue weighted by Crippen LogP contribution is 2.27. The number of nitrogens with one attached hydrogen (secondary N) is 1. The van der Waals surface area contributed by atoms with E-state index in [9.17, 15) is 0 Å². The van der Waals surface area contributed by atoms with Crippen molar-refractivity contribution >= 4 is 33.6 Å². The molecule has 5 nitrogen and oxygen atoms in total. The number of hydrogen-bond acceptors (Lipinski definition) is 5. The fourth-order valence-corrected chi connectivity index (χ4v) is 2.07. The lowest BCUT2D eigenvalue weighted by molar-refractivity contribution is 0.602. The standard InChI is InChI=1S/C14H9N3O2/c1-2-11-14(19-8-16-11)12(3-1)17-9-4-5-10-13(6-9)18-7-15-10/h1-8,17H. The van der Waals surface area contributed by atoms with Gasteiger partial charge in [-0.05, 0) is 24.3 Å². The third-order valence-electron chi connectivity index (χ3n) is 2.97. The van der Waals surface area contributed by atoms with Crippen LogP contribution in [0.1, 0.15) is 0 Å². The number of fused-ring (bicyclic) bond motifs is 2. The van der Waals surface area contributed by atoms with Gasteiger partial charge < -0.3 is 14.2 Å². The molecule has 0 spiro atoms. The second kappa shape index (κ2) is 3.84. The normalized spacial score (nSPS) is 11.2. The van der Waals surface area contributed by atoms with Crippen LogP contribution in [0, 0.1) is 0 Å². The first-order valence-corrected chi connectivity index (χ1v) is 5.83. The van der Waals surface area contributed by atoms with Crippen molar-refractivity contribution in [2.75, 3.05) is 5.32 Å². The molecule has 0 atom stereocenters. The zero-order valence-electron chi connectivity index (χ0n) is 9.83. The summed E-state index contributed by atoms with van der Waals surface area (Å²) >= 11 is 0. The second-order valence-corrected chi connectivity index (χ2v) is 4.17. The van der Waals surface area contributed by atoms with Gasteiger partial charge in [-0.3, -0.25) is 0 Å². The highest BCUT2D eigenvalue weighted by atomic mass is 16.3. The maximum atomic E-state index is 5.38. The number of benzene rings is 2. The molecular formula is C14H9N3O2. The van der Waals surface area contributed by atoms with E-state index in [1.54, 1.807) is 0 Å². The molecule has 0 unspecified atom stereocenters. The second-order valence-electron chi connectivity index (χ2n) is 4.17. The summed E-state index contributed by atoms with van der Waals surface area (Å²) in [5.41, 5.74) is 4.92. The molecule has 0 fully saturated rings. The quantitative estimate of drug-likeness (QED) is 0.588. The van der Waals surface area contributed by atoms with Crippen LogP contribution in [0.5, 0.6) is 0 Å². The molecule has 0 saturated carbocycles. The van der Waals surface area contributed by atoms with Gasteiger partial charge in [-0.1, -0.05) is 6.07 Å². The maximum absolute atomic E-state index is 5.38. The zero-order valence-corrected chi connectivity index (χ0v) is 9.83. The Morgan fingerprint density at radius 1 is 0.895 bits per heavy atom. The fraction of sp³-hybridized carbons (Fsp3) is 0. The summed E-state index contributed by atoms with van der Waals surface area (Å²) in [6.07, 6.45) is 2.88. The summed E-state index contributed by atoms with van der Waals surface area (Å²) in [6.45, 7) is 0. The Morgan fingerprint density at radius 2 is 1.79 bits per heavy atom. The van der Waals surface area contributed by atoms with Crippen LogP contribution in [-0.2, 0) is 0 Å². The molecule has 4 aromatic rings. The van der Waals surface area contributed by atoms with Crippen LogP contribution in [-0.4, -0.2) is 9.97 Å². The van der Waals surface area contributed by atoms with Crippen molar-refractivity contribution in [2.45, 2.75) is 0 Å². The molecule has 2 heterocycles. The van der Waals surface area contributed by atoms with Crippen LogP contribution in [0.3, 0.4) is 0 Å². The summed E-state index contributed by atoms with van der Waals surface area (Å²) in [7, 11) is 0. The molecule has 1 N–H and O–H groups in total. The average Bonchev–Trinajstić information content (AvgIpc) is 3.06. The number of anilines is 2. The summed E-state index contributed by atoms with van der Waals surface area (Å²) in [5, 5.41) is 3.29. The van der Waals surface area contributed by atoms with Crippen molar-refractivity contribution < 1.29 is 8.83 Å². The molecule has 2 aromatic carbocycles. The van der Waals surface area contributed by atoms with Gasteiger partial charge in [0.25, 0.3) is 0 Å². The Morgan fingerprint density at radius 3 is 2.79 bits per heavy atom. The van der Waals surface area contributed by atoms with E-state index in [2.05, 4.69) is 15.3 Å². The third-order valence-corrected chi connectivity index (χ3v) is 2.97. The van der Waals surface area contributed by atoms with E-state index in [4.69, 9.17) is 8.83 Å². The molecule has 0 aliphatic heterocycles. The summed E-state index contributed by atoms with van der Waals surface area (Å²) < 4.78 is 10.7. The van der Waals surface area contributed by atoms with Gasteiger partial charge >= 0.3 is 0 Å². The van der Waals surface area contributed by atoms with Gasteiger partial charge in [-0.15, -0.1) is 0 Å². The first-order valence-electron chi connectivity index (χ1n) is 5.83.